The van der Waals surface area contributed by atoms with Gasteiger partial charge in [0.1, 0.15) is 29.8 Å². The number of carbonyl (C=O) groups is 8. The van der Waals surface area contributed by atoms with Crippen molar-refractivity contribution in [1.82, 2.24) is 21.3 Å². The first-order chi connectivity index (χ1) is 27.1. The van der Waals surface area contributed by atoms with Crippen molar-refractivity contribution in [2.75, 3.05) is 13.1 Å². The Hall–Kier alpha value is -5.74. The van der Waals surface area contributed by atoms with Gasteiger partial charge in [-0.2, -0.15) is 0 Å². The Morgan fingerprint density at radius 2 is 1.02 bits per heavy atom. The number of guanidine groups is 2. The second kappa shape index (κ2) is 30.4. The Balaban J connectivity index is -0.00000356. The van der Waals surface area contributed by atoms with Gasteiger partial charge in [0.05, 0.1) is 12.5 Å². The van der Waals surface area contributed by atoms with Crippen molar-refractivity contribution in [1.29, 1.82) is 0 Å². The molecule has 0 rings (SSSR count). The second-order valence-corrected chi connectivity index (χ2v) is 14.5. The van der Waals surface area contributed by atoms with Crippen LogP contribution in [0.25, 0.3) is 0 Å². The molecule has 0 radical (unpaired) electrons. The number of amides is 4. The molecule has 23 nitrogen and oxygen atoms in total. The normalized spacial score (nSPS) is 14.1. The molecule has 0 spiro atoms. The van der Waals surface area contributed by atoms with E-state index in [1.54, 1.807) is 48.5 Å². The Labute approximate surface area is 345 Å². The summed E-state index contributed by atoms with van der Waals surface area (Å²) in [6, 6.07) is -6.29. The SMILES string of the molecule is CC(=O)O.CC(=O)O.CC[C@H](C)[C@H](NC(=O)[C@H](CCCN=C(N)N)NC(=O)[C@H](CC(=O)OC(C)(C)C)NC(=O)[C@@H](NC(=O)[C@@H](N)CCCN=C(N)N)[C@@H](C)CC)C(=O)O. The first-order valence-corrected chi connectivity index (χ1v) is 19.0. The number of aliphatic imine (C=N–C) groups is 2. The Kier molecular flexibility index (Phi) is 29.6. The van der Waals surface area contributed by atoms with Gasteiger partial charge in [0.2, 0.25) is 23.6 Å². The number of nitrogens with zero attached hydrogens (tertiary/aromatic N) is 2. The molecule has 0 aliphatic carbocycles. The van der Waals surface area contributed by atoms with Crippen LogP contribution in [0.3, 0.4) is 0 Å². The molecule has 0 heterocycles. The fraction of sp³-hybridized carbons (Fsp3) is 0.722. The first kappa shape index (κ1) is 57.6. The third kappa shape index (κ3) is 31.0. The standard InChI is InChI=1S/C32H61N11O8.2C2H4O2/c1-8-17(3)23(42-25(45)19(33)12-10-14-38-30(34)35)28(48)41-21(16-22(44)51-32(5,6)7)27(47)40-20(13-11-15-39-31(36)37)26(46)43-24(29(49)50)18(4)9-2;2*1-2(3)4/h17-21,23-24H,8-16,33H2,1-7H3,(H,40,47)(H,41,48)(H,42,45)(H,43,46)(H,49,50)(H4,34,35,38)(H4,36,37,39);2*1H3,(H,3,4)/t17-,18-,19-,20-,21-,23-,24-;;/m0../s1. The van der Waals surface area contributed by atoms with E-state index in [0.29, 0.717) is 19.3 Å². The lowest BCUT2D eigenvalue weighted by Crippen LogP contribution is -2.60. The average Bonchev–Trinajstić information content (AvgIpc) is 3.09. The van der Waals surface area contributed by atoms with Crippen molar-refractivity contribution in [3.8, 4) is 0 Å². The minimum Gasteiger partial charge on any atom is -0.481 e. The number of aliphatic carboxylic acids is 3. The maximum Gasteiger partial charge on any atom is 0.326 e. The lowest BCUT2D eigenvalue weighted by molar-refractivity contribution is -0.157. The van der Waals surface area contributed by atoms with Crippen LogP contribution in [0.4, 0.5) is 0 Å². The van der Waals surface area contributed by atoms with Gasteiger partial charge in [0.15, 0.2) is 11.9 Å². The molecular formula is C36H69N11O12. The predicted molar refractivity (Wildman–Crippen MR) is 219 cm³/mol. The number of rotatable bonds is 23. The molecule has 0 aromatic carbocycles. The van der Waals surface area contributed by atoms with Gasteiger partial charge in [-0.3, -0.25) is 43.5 Å². The van der Waals surface area contributed by atoms with Crippen molar-refractivity contribution in [3.63, 3.8) is 0 Å². The summed E-state index contributed by atoms with van der Waals surface area (Å²) in [5.74, 6) is -8.06. The van der Waals surface area contributed by atoms with Gasteiger partial charge in [-0.1, -0.05) is 40.5 Å². The van der Waals surface area contributed by atoms with Gasteiger partial charge in [0, 0.05) is 26.9 Å². The zero-order valence-electron chi connectivity index (χ0n) is 35.7. The molecule has 0 fully saturated rings. The third-order valence-corrected chi connectivity index (χ3v) is 7.88. The van der Waals surface area contributed by atoms with Crippen molar-refractivity contribution >= 4 is 59.4 Å². The molecular weight excluding hydrogens is 778 g/mol. The highest BCUT2D eigenvalue weighted by molar-refractivity contribution is 5.97. The number of hydrogen-bond acceptors (Lipinski definition) is 12. The van der Waals surface area contributed by atoms with Gasteiger partial charge >= 0.3 is 11.9 Å². The molecule has 0 aliphatic rings. The van der Waals surface area contributed by atoms with E-state index in [-0.39, 0.29) is 44.3 Å². The number of hydrogen-bond donors (Lipinski definition) is 12. The smallest absolute Gasteiger partial charge is 0.326 e. The quantitative estimate of drug-likeness (QED) is 0.0240. The molecule has 0 saturated carbocycles. The van der Waals surface area contributed by atoms with Crippen LogP contribution in [0.15, 0.2) is 9.98 Å². The summed E-state index contributed by atoms with van der Waals surface area (Å²) in [5, 5.41) is 34.8. The molecule has 17 N–H and O–H groups in total. The largest absolute Gasteiger partial charge is 0.481 e. The van der Waals surface area contributed by atoms with Crippen molar-refractivity contribution in [2.24, 2.45) is 50.5 Å². The van der Waals surface area contributed by atoms with Gasteiger partial charge in [-0.25, -0.2) is 4.79 Å². The molecule has 7 atom stereocenters. The van der Waals surface area contributed by atoms with E-state index in [2.05, 4.69) is 31.3 Å². The minimum absolute atomic E-state index is 0.0269. The first-order valence-electron chi connectivity index (χ1n) is 19.0. The summed E-state index contributed by atoms with van der Waals surface area (Å²) < 4.78 is 5.39. The fourth-order valence-electron chi connectivity index (χ4n) is 4.61. The Morgan fingerprint density at radius 3 is 1.42 bits per heavy atom. The van der Waals surface area contributed by atoms with Crippen LogP contribution >= 0.6 is 0 Å². The van der Waals surface area contributed by atoms with E-state index < -0.39 is 102 Å². The summed E-state index contributed by atoms with van der Waals surface area (Å²) >= 11 is 0. The van der Waals surface area contributed by atoms with Crippen LogP contribution in [-0.2, 0) is 43.1 Å². The third-order valence-electron chi connectivity index (χ3n) is 7.88. The number of carbonyl (C=O) groups excluding carboxylic acids is 5. The van der Waals surface area contributed by atoms with Gasteiger partial charge in [0.25, 0.3) is 11.9 Å². The molecule has 0 aromatic rings. The molecule has 0 unspecified atom stereocenters. The highest BCUT2D eigenvalue weighted by Gasteiger charge is 2.35. The molecule has 23 heteroatoms. The minimum atomic E-state index is -1.57. The van der Waals surface area contributed by atoms with E-state index in [1.165, 1.54) is 0 Å². The number of carboxylic acids is 3. The summed E-state index contributed by atoms with van der Waals surface area (Å²) in [6.07, 6.45) is 1.05. The lowest BCUT2D eigenvalue weighted by Gasteiger charge is -2.29. The maximum absolute atomic E-state index is 13.8. The summed E-state index contributed by atoms with van der Waals surface area (Å²) in [7, 11) is 0. The number of ether oxygens (including phenoxy) is 1. The molecule has 4 amide bonds. The Morgan fingerprint density at radius 1 is 0.627 bits per heavy atom. The van der Waals surface area contributed by atoms with Crippen LogP contribution < -0.4 is 49.9 Å². The predicted octanol–water partition coefficient (Wildman–Crippen LogP) is -1.55. The summed E-state index contributed by atoms with van der Waals surface area (Å²) in [5.41, 5.74) is 26.6. The molecule has 0 aromatic heterocycles. The number of carboxylic acid groups (broad SMARTS) is 3. The summed E-state index contributed by atoms with van der Waals surface area (Å²) in [6.45, 7) is 14.3. The van der Waals surface area contributed by atoms with Gasteiger partial charge in [-0.15, -0.1) is 0 Å². The number of nitrogens with two attached hydrogens (primary N) is 5. The molecule has 340 valence electrons. The topological polar surface area (TPSA) is 409 Å². The van der Waals surface area contributed by atoms with Crippen LogP contribution in [0.2, 0.25) is 0 Å². The number of esters is 1. The molecule has 0 saturated heterocycles. The van der Waals surface area contributed by atoms with E-state index in [9.17, 15) is 33.9 Å². The van der Waals surface area contributed by atoms with E-state index >= 15 is 0 Å². The fourth-order valence-corrected chi connectivity index (χ4v) is 4.61. The highest BCUT2D eigenvalue weighted by Crippen LogP contribution is 2.14. The highest BCUT2D eigenvalue weighted by atomic mass is 16.6. The average molecular weight is 848 g/mol. The van der Waals surface area contributed by atoms with Crippen molar-refractivity contribution in [3.05, 3.63) is 0 Å². The molecule has 59 heavy (non-hydrogen) atoms. The van der Waals surface area contributed by atoms with Crippen LogP contribution in [0.5, 0.6) is 0 Å². The van der Waals surface area contributed by atoms with Crippen LogP contribution in [0.1, 0.15) is 107 Å². The second-order valence-electron chi connectivity index (χ2n) is 14.5. The van der Waals surface area contributed by atoms with Crippen molar-refractivity contribution < 1.29 is 58.4 Å². The molecule has 0 bridgehead atoms. The van der Waals surface area contributed by atoms with E-state index in [4.69, 9.17) is 53.2 Å². The zero-order valence-corrected chi connectivity index (χ0v) is 35.7. The van der Waals surface area contributed by atoms with Gasteiger partial charge in [-0.05, 0) is 58.3 Å². The zero-order chi connectivity index (χ0) is 46.6. The number of nitrogens with one attached hydrogen (secondary N) is 4. The lowest BCUT2D eigenvalue weighted by atomic mass is 9.97. The Bertz CT molecular complexity index is 1410. The van der Waals surface area contributed by atoms with Crippen LogP contribution in [-0.4, -0.2) is 124 Å². The van der Waals surface area contributed by atoms with Crippen LogP contribution in [0, 0.1) is 11.8 Å². The monoisotopic (exact) mass is 848 g/mol. The van der Waals surface area contributed by atoms with E-state index in [0.717, 1.165) is 13.8 Å². The van der Waals surface area contributed by atoms with Gasteiger partial charge < -0.3 is 70.0 Å². The van der Waals surface area contributed by atoms with Crippen molar-refractivity contribution in [2.45, 2.75) is 143 Å². The van der Waals surface area contributed by atoms with E-state index in [1.807, 2.05) is 0 Å². The summed E-state index contributed by atoms with van der Waals surface area (Å²) in [4.78, 5) is 105. The molecule has 0 aliphatic heterocycles. The maximum atomic E-state index is 13.8.